The monoisotopic (exact) mass is 321 g/mol. The first-order chi connectivity index (χ1) is 10.9. The number of hydrogen-bond acceptors (Lipinski definition) is 2. The van der Waals surface area contributed by atoms with Gasteiger partial charge < -0.3 is 14.8 Å². The standard InChI is InChI=1S/C16H10F3NO3/c17-16(18,19)23-13-7-2-1-4-9(13)10-5-3-6-12-14(10)11(8-20-12)15(21)22/h1-8,20H,(H,21,22). The Bertz CT molecular complexity index is 884. The summed E-state index contributed by atoms with van der Waals surface area (Å²) in [5.74, 6) is -1.55. The van der Waals surface area contributed by atoms with Crippen LogP contribution < -0.4 is 4.74 Å². The molecular weight excluding hydrogens is 311 g/mol. The number of carboxylic acids is 1. The molecule has 0 aliphatic heterocycles. The number of benzene rings is 2. The van der Waals surface area contributed by atoms with Gasteiger partial charge in [-0.15, -0.1) is 13.2 Å². The van der Waals surface area contributed by atoms with Crippen LogP contribution in [-0.4, -0.2) is 22.4 Å². The van der Waals surface area contributed by atoms with Gasteiger partial charge in [-0.2, -0.15) is 0 Å². The lowest BCUT2D eigenvalue weighted by Crippen LogP contribution is -2.17. The number of carboxylic acid groups (broad SMARTS) is 1. The molecule has 0 bridgehead atoms. The van der Waals surface area contributed by atoms with Crippen molar-refractivity contribution in [1.29, 1.82) is 0 Å². The Morgan fingerprint density at radius 2 is 1.74 bits per heavy atom. The van der Waals surface area contributed by atoms with Crippen LogP contribution in [0, 0.1) is 0 Å². The van der Waals surface area contributed by atoms with E-state index in [-0.39, 0.29) is 16.9 Å². The molecule has 0 aliphatic rings. The molecule has 4 nitrogen and oxygen atoms in total. The van der Waals surface area contributed by atoms with E-state index >= 15 is 0 Å². The Morgan fingerprint density at radius 3 is 2.43 bits per heavy atom. The van der Waals surface area contributed by atoms with Crippen molar-refractivity contribution < 1.29 is 27.8 Å². The molecule has 1 heterocycles. The molecular formula is C16H10F3NO3. The molecule has 0 atom stereocenters. The number of carbonyl (C=O) groups is 1. The number of fused-ring (bicyclic) bond motifs is 1. The zero-order valence-corrected chi connectivity index (χ0v) is 11.5. The van der Waals surface area contributed by atoms with E-state index in [9.17, 15) is 23.1 Å². The number of aromatic amines is 1. The van der Waals surface area contributed by atoms with Crippen molar-refractivity contribution in [2.45, 2.75) is 6.36 Å². The molecule has 0 fully saturated rings. The molecule has 118 valence electrons. The summed E-state index contributed by atoms with van der Waals surface area (Å²) in [6.07, 6.45) is -3.53. The number of nitrogens with one attached hydrogen (secondary N) is 1. The second-order valence-corrected chi connectivity index (χ2v) is 4.78. The molecule has 2 aromatic carbocycles. The summed E-state index contributed by atoms with van der Waals surface area (Å²) in [6, 6.07) is 10.5. The highest BCUT2D eigenvalue weighted by Gasteiger charge is 2.32. The summed E-state index contributed by atoms with van der Waals surface area (Å²) in [5.41, 5.74) is 1.01. The maximum absolute atomic E-state index is 12.6. The van der Waals surface area contributed by atoms with Gasteiger partial charge in [-0.1, -0.05) is 30.3 Å². The molecule has 3 rings (SSSR count). The van der Waals surface area contributed by atoms with Crippen LogP contribution in [0.25, 0.3) is 22.0 Å². The first-order valence-corrected chi connectivity index (χ1v) is 6.55. The highest BCUT2D eigenvalue weighted by Crippen LogP contribution is 2.38. The van der Waals surface area contributed by atoms with Crippen LogP contribution in [0.1, 0.15) is 10.4 Å². The quantitative estimate of drug-likeness (QED) is 0.750. The number of hydrogen-bond donors (Lipinski definition) is 2. The lowest BCUT2D eigenvalue weighted by atomic mass is 9.98. The Kier molecular flexibility index (Phi) is 3.48. The lowest BCUT2D eigenvalue weighted by molar-refractivity contribution is -0.274. The number of H-pyrrole nitrogens is 1. The van der Waals surface area contributed by atoms with Gasteiger partial charge in [0, 0.05) is 22.7 Å². The summed E-state index contributed by atoms with van der Waals surface area (Å²) in [7, 11) is 0. The predicted octanol–water partition coefficient (Wildman–Crippen LogP) is 4.43. The Balaban J connectivity index is 2.26. The maximum Gasteiger partial charge on any atom is 0.573 e. The third-order valence-corrected chi connectivity index (χ3v) is 3.34. The SMILES string of the molecule is O=C(O)c1c[nH]c2cccc(-c3ccccc3OC(F)(F)F)c12. The average Bonchev–Trinajstić information content (AvgIpc) is 2.90. The van der Waals surface area contributed by atoms with E-state index < -0.39 is 12.3 Å². The van der Waals surface area contributed by atoms with Gasteiger partial charge >= 0.3 is 12.3 Å². The third kappa shape index (κ3) is 2.85. The molecule has 0 aliphatic carbocycles. The molecule has 2 N–H and O–H groups in total. The molecule has 0 saturated heterocycles. The second kappa shape index (κ2) is 5.35. The summed E-state index contributed by atoms with van der Waals surface area (Å²) < 4.78 is 41.8. The zero-order chi connectivity index (χ0) is 16.6. The van der Waals surface area contributed by atoms with Gasteiger partial charge in [0.05, 0.1) is 5.56 Å². The summed E-state index contributed by atoms with van der Waals surface area (Å²) in [5, 5.41) is 9.60. The molecule has 23 heavy (non-hydrogen) atoms. The highest BCUT2D eigenvalue weighted by molar-refractivity contribution is 6.10. The molecule has 1 aromatic heterocycles. The van der Waals surface area contributed by atoms with Crippen LogP contribution in [-0.2, 0) is 0 Å². The number of alkyl halides is 3. The molecule has 0 unspecified atom stereocenters. The van der Waals surface area contributed by atoms with Crippen LogP contribution in [0.15, 0.2) is 48.7 Å². The molecule has 0 spiro atoms. The fraction of sp³-hybridized carbons (Fsp3) is 0.0625. The van der Waals surface area contributed by atoms with Crippen LogP contribution >= 0.6 is 0 Å². The normalized spacial score (nSPS) is 11.6. The van der Waals surface area contributed by atoms with Gasteiger partial charge in [0.15, 0.2) is 0 Å². The summed E-state index contributed by atoms with van der Waals surface area (Å²) >= 11 is 0. The minimum absolute atomic E-state index is 0.0163. The number of aromatic nitrogens is 1. The zero-order valence-electron chi connectivity index (χ0n) is 11.5. The van der Waals surface area contributed by atoms with E-state index in [1.54, 1.807) is 24.3 Å². The molecule has 7 heteroatoms. The molecule has 0 amide bonds. The molecule has 3 aromatic rings. The van der Waals surface area contributed by atoms with Gasteiger partial charge in [0.2, 0.25) is 0 Å². The van der Waals surface area contributed by atoms with Crippen LogP contribution in [0.3, 0.4) is 0 Å². The third-order valence-electron chi connectivity index (χ3n) is 3.34. The van der Waals surface area contributed by atoms with Crippen LogP contribution in [0.5, 0.6) is 5.75 Å². The van der Waals surface area contributed by atoms with Gasteiger partial charge in [-0.3, -0.25) is 0 Å². The van der Waals surface area contributed by atoms with Crippen molar-refractivity contribution in [3.63, 3.8) is 0 Å². The van der Waals surface area contributed by atoms with E-state index in [0.717, 1.165) is 0 Å². The minimum Gasteiger partial charge on any atom is -0.478 e. The second-order valence-electron chi connectivity index (χ2n) is 4.78. The van der Waals surface area contributed by atoms with Crippen LogP contribution in [0.2, 0.25) is 0 Å². The number of rotatable bonds is 3. The van der Waals surface area contributed by atoms with Crippen molar-refractivity contribution in [1.82, 2.24) is 4.98 Å². The number of halogens is 3. The van der Waals surface area contributed by atoms with Gasteiger partial charge in [0.1, 0.15) is 5.75 Å². The van der Waals surface area contributed by atoms with Crippen molar-refractivity contribution in [2.24, 2.45) is 0 Å². The first-order valence-electron chi connectivity index (χ1n) is 6.55. The summed E-state index contributed by atoms with van der Waals surface area (Å²) in [6.45, 7) is 0. The average molecular weight is 321 g/mol. The van der Waals surface area contributed by atoms with E-state index in [1.807, 2.05) is 0 Å². The Labute approximate surface area is 128 Å². The van der Waals surface area contributed by atoms with Gasteiger partial charge in [-0.25, -0.2) is 4.79 Å². The van der Waals surface area contributed by atoms with Crippen molar-refractivity contribution in [3.05, 3.63) is 54.2 Å². The molecule has 0 radical (unpaired) electrons. The topological polar surface area (TPSA) is 62.3 Å². The molecule has 0 saturated carbocycles. The highest BCUT2D eigenvalue weighted by atomic mass is 19.4. The minimum atomic E-state index is -4.84. The fourth-order valence-corrected chi connectivity index (χ4v) is 2.48. The van der Waals surface area contributed by atoms with Crippen molar-refractivity contribution in [3.8, 4) is 16.9 Å². The Morgan fingerprint density at radius 1 is 1.04 bits per heavy atom. The first kappa shape index (κ1) is 15.0. The van der Waals surface area contributed by atoms with E-state index in [4.69, 9.17) is 0 Å². The smallest absolute Gasteiger partial charge is 0.478 e. The Hall–Kier alpha value is -2.96. The van der Waals surface area contributed by atoms with E-state index in [2.05, 4.69) is 9.72 Å². The lowest BCUT2D eigenvalue weighted by Gasteiger charge is -2.14. The van der Waals surface area contributed by atoms with Gasteiger partial charge in [-0.05, 0) is 17.7 Å². The van der Waals surface area contributed by atoms with Crippen molar-refractivity contribution >= 4 is 16.9 Å². The summed E-state index contributed by atoms with van der Waals surface area (Å²) in [4.78, 5) is 14.1. The largest absolute Gasteiger partial charge is 0.573 e. The van der Waals surface area contributed by atoms with Crippen molar-refractivity contribution in [2.75, 3.05) is 0 Å². The maximum atomic E-state index is 12.6. The number of aromatic carboxylic acids is 1. The fourth-order valence-electron chi connectivity index (χ4n) is 2.48. The van der Waals surface area contributed by atoms with E-state index in [1.165, 1.54) is 24.4 Å². The number of ether oxygens (including phenoxy) is 1. The van der Waals surface area contributed by atoms with Crippen LogP contribution in [0.4, 0.5) is 13.2 Å². The predicted molar refractivity (Wildman–Crippen MR) is 77.4 cm³/mol. The van der Waals surface area contributed by atoms with E-state index in [0.29, 0.717) is 16.5 Å². The number of para-hydroxylation sites is 1. The van der Waals surface area contributed by atoms with Gasteiger partial charge in [0.25, 0.3) is 0 Å².